The van der Waals surface area contributed by atoms with E-state index in [2.05, 4.69) is 69.4 Å². The number of benzene rings is 2. The van der Waals surface area contributed by atoms with Crippen LogP contribution in [0.5, 0.6) is 0 Å². The predicted octanol–water partition coefficient (Wildman–Crippen LogP) is 5.20. The van der Waals surface area contributed by atoms with Crippen LogP contribution < -0.4 is 0 Å². The molecular formula is C21H26BrNO. The van der Waals surface area contributed by atoms with Gasteiger partial charge in [-0.25, -0.2) is 0 Å². The van der Waals surface area contributed by atoms with Crippen LogP contribution in [0.25, 0.3) is 11.1 Å². The van der Waals surface area contributed by atoms with Crippen molar-refractivity contribution < 1.29 is 5.11 Å². The first-order valence-corrected chi connectivity index (χ1v) is 9.65. The topological polar surface area (TPSA) is 23.5 Å². The molecule has 1 fully saturated rings. The molecule has 0 saturated carbocycles. The third-order valence-corrected chi connectivity index (χ3v) is 5.58. The maximum atomic E-state index is 10.9. The van der Waals surface area contributed by atoms with Gasteiger partial charge in [0, 0.05) is 11.0 Å². The van der Waals surface area contributed by atoms with Gasteiger partial charge >= 0.3 is 0 Å². The maximum absolute atomic E-state index is 10.9. The van der Waals surface area contributed by atoms with Gasteiger partial charge < -0.3 is 10.0 Å². The zero-order valence-corrected chi connectivity index (χ0v) is 15.9. The molecule has 1 atom stereocenters. The molecule has 3 heteroatoms. The van der Waals surface area contributed by atoms with E-state index in [1.54, 1.807) is 0 Å². The third kappa shape index (κ3) is 4.47. The molecule has 0 bridgehead atoms. The summed E-state index contributed by atoms with van der Waals surface area (Å²) in [4.78, 5) is 2.48. The fourth-order valence-corrected chi connectivity index (χ4v) is 3.63. The molecule has 3 rings (SSSR count). The fraction of sp³-hybridized carbons (Fsp3) is 0.429. The van der Waals surface area contributed by atoms with E-state index in [9.17, 15) is 5.11 Å². The van der Waals surface area contributed by atoms with Crippen molar-refractivity contribution in [1.29, 1.82) is 0 Å². The summed E-state index contributed by atoms with van der Waals surface area (Å²) in [6.07, 6.45) is 4.73. The molecule has 2 aromatic carbocycles. The Hall–Kier alpha value is -1.16. The number of nitrogens with zero attached hydrogens (tertiary/aromatic N) is 1. The predicted molar refractivity (Wildman–Crippen MR) is 104 cm³/mol. The average molecular weight is 388 g/mol. The lowest BCUT2D eigenvalue weighted by Crippen LogP contribution is -2.34. The number of likely N-dealkylation sites (tertiary alicyclic amines) is 1. The highest BCUT2D eigenvalue weighted by molar-refractivity contribution is 9.10. The Morgan fingerprint density at radius 2 is 1.46 bits per heavy atom. The van der Waals surface area contributed by atoms with E-state index in [0.717, 1.165) is 23.0 Å². The van der Waals surface area contributed by atoms with Gasteiger partial charge in [0.05, 0.1) is 5.60 Å². The van der Waals surface area contributed by atoms with Crippen molar-refractivity contribution in [3.8, 4) is 11.1 Å². The van der Waals surface area contributed by atoms with Crippen molar-refractivity contribution in [1.82, 2.24) is 4.90 Å². The van der Waals surface area contributed by atoms with E-state index in [1.807, 2.05) is 6.92 Å². The second kappa shape index (κ2) is 7.81. The lowest BCUT2D eigenvalue weighted by molar-refractivity contribution is 0.0337. The Labute approximate surface area is 153 Å². The van der Waals surface area contributed by atoms with Crippen LogP contribution >= 0.6 is 15.9 Å². The van der Waals surface area contributed by atoms with Gasteiger partial charge in [0.2, 0.25) is 0 Å². The lowest BCUT2D eigenvalue weighted by Gasteiger charge is -2.31. The zero-order chi connectivity index (χ0) is 17.0. The molecule has 1 N–H and O–H groups in total. The summed E-state index contributed by atoms with van der Waals surface area (Å²) in [5.74, 6) is 0. The van der Waals surface area contributed by atoms with Crippen LogP contribution in [0.1, 0.15) is 38.2 Å². The second-order valence-corrected chi connectivity index (χ2v) is 7.93. The number of rotatable bonds is 5. The van der Waals surface area contributed by atoms with Crippen LogP contribution in [0, 0.1) is 0 Å². The minimum Gasteiger partial charge on any atom is -0.385 e. The number of piperidine rings is 1. The Balaban J connectivity index is 1.65. The maximum Gasteiger partial charge on any atom is 0.0880 e. The Kier molecular flexibility index (Phi) is 5.75. The normalized spacial score (nSPS) is 18.3. The van der Waals surface area contributed by atoms with E-state index in [1.165, 1.54) is 43.5 Å². The number of hydrogen-bond donors (Lipinski definition) is 1. The first-order valence-electron chi connectivity index (χ1n) is 8.86. The summed E-state index contributed by atoms with van der Waals surface area (Å²) >= 11 is 3.47. The number of halogens is 1. The molecule has 0 aliphatic carbocycles. The number of hydrogen-bond acceptors (Lipinski definition) is 2. The number of aliphatic hydroxyl groups is 1. The molecular weight excluding hydrogens is 362 g/mol. The van der Waals surface area contributed by atoms with Crippen LogP contribution in [0.2, 0.25) is 0 Å². The third-order valence-electron chi connectivity index (χ3n) is 5.05. The minimum absolute atomic E-state index is 0.768. The summed E-state index contributed by atoms with van der Waals surface area (Å²) in [6, 6.07) is 16.7. The van der Waals surface area contributed by atoms with Crippen LogP contribution in [0.4, 0.5) is 0 Å². The molecule has 1 aliphatic rings. The quantitative estimate of drug-likeness (QED) is 0.761. The molecule has 1 saturated heterocycles. The van der Waals surface area contributed by atoms with Crippen molar-refractivity contribution >= 4 is 15.9 Å². The van der Waals surface area contributed by atoms with E-state index in [4.69, 9.17) is 0 Å². The molecule has 2 nitrogen and oxygen atoms in total. The molecule has 2 aromatic rings. The smallest absolute Gasteiger partial charge is 0.0880 e. The molecule has 128 valence electrons. The van der Waals surface area contributed by atoms with Crippen LogP contribution in [0.15, 0.2) is 53.0 Å². The van der Waals surface area contributed by atoms with E-state index >= 15 is 0 Å². The monoisotopic (exact) mass is 387 g/mol. The molecule has 1 unspecified atom stereocenters. The van der Waals surface area contributed by atoms with Crippen molar-refractivity contribution in [2.75, 3.05) is 19.6 Å². The van der Waals surface area contributed by atoms with Crippen LogP contribution in [-0.4, -0.2) is 29.6 Å². The minimum atomic E-state index is -0.768. The highest BCUT2D eigenvalue weighted by atomic mass is 79.9. The standard InChI is InChI=1S/C21H26BrNO/c1-21(24,13-16-23-14-3-2-4-15-23)19-9-5-17(6-10-19)18-7-11-20(22)12-8-18/h5-12,24H,2-4,13-16H2,1H3. The van der Waals surface area contributed by atoms with Gasteiger partial charge in [-0.05, 0) is 68.1 Å². The largest absolute Gasteiger partial charge is 0.385 e. The van der Waals surface area contributed by atoms with E-state index in [0.29, 0.717) is 0 Å². The van der Waals surface area contributed by atoms with Crippen molar-refractivity contribution in [2.45, 2.75) is 38.2 Å². The van der Waals surface area contributed by atoms with Gasteiger partial charge in [-0.15, -0.1) is 0 Å². The molecule has 0 radical (unpaired) electrons. The zero-order valence-electron chi connectivity index (χ0n) is 14.3. The van der Waals surface area contributed by atoms with Crippen molar-refractivity contribution in [3.63, 3.8) is 0 Å². The summed E-state index contributed by atoms with van der Waals surface area (Å²) in [5.41, 5.74) is 2.60. The first-order chi connectivity index (χ1) is 11.5. The SMILES string of the molecule is CC(O)(CCN1CCCCC1)c1ccc(-c2ccc(Br)cc2)cc1. The van der Waals surface area contributed by atoms with Crippen LogP contribution in [0.3, 0.4) is 0 Å². The summed E-state index contributed by atoms with van der Waals surface area (Å²) < 4.78 is 1.09. The second-order valence-electron chi connectivity index (χ2n) is 7.01. The van der Waals surface area contributed by atoms with Crippen molar-refractivity contribution in [3.05, 3.63) is 58.6 Å². The highest BCUT2D eigenvalue weighted by Gasteiger charge is 2.24. The molecule has 0 spiro atoms. The summed E-state index contributed by atoms with van der Waals surface area (Å²) in [6.45, 7) is 5.27. The highest BCUT2D eigenvalue weighted by Crippen LogP contribution is 2.28. The van der Waals surface area contributed by atoms with Gasteiger partial charge in [0.25, 0.3) is 0 Å². The Morgan fingerprint density at radius 1 is 0.917 bits per heavy atom. The molecule has 1 heterocycles. The van der Waals surface area contributed by atoms with Crippen molar-refractivity contribution in [2.24, 2.45) is 0 Å². The molecule has 24 heavy (non-hydrogen) atoms. The molecule has 0 amide bonds. The first kappa shape index (κ1) is 17.7. The summed E-state index contributed by atoms with van der Waals surface area (Å²) in [7, 11) is 0. The van der Waals surface area contributed by atoms with Gasteiger partial charge in [-0.2, -0.15) is 0 Å². The molecule has 0 aromatic heterocycles. The van der Waals surface area contributed by atoms with Gasteiger partial charge in [-0.1, -0.05) is 58.7 Å². The lowest BCUT2D eigenvalue weighted by atomic mass is 9.90. The van der Waals surface area contributed by atoms with Gasteiger partial charge in [0.15, 0.2) is 0 Å². The van der Waals surface area contributed by atoms with Gasteiger partial charge in [-0.3, -0.25) is 0 Å². The van der Waals surface area contributed by atoms with Crippen LogP contribution in [-0.2, 0) is 5.60 Å². The molecule has 1 aliphatic heterocycles. The fourth-order valence-electron chi connectivity index (χ4n) is 3.37. The Bertz CT molecular complexity index is 643. The van der Waals surface area contributed by atoms with E-state index < -0.39 is 5.60 Å². The van der Waals surface area contributed by atoms with E-state index in [-0.39, 0.29) is 0 Å². The Morgan fingerprint density at radius 3 is 2.04 bits per heavy atom. The average Bonchev–Trinajstić information content (AvgIpc) is 2.62. The summed E-state index contributed by atoms with van der Waals surface area (Å²) in [5, 5.41) is 10.9. The van der Waals surface area contributed by atoms with Gasteiger partial charge in [0.1, 0.15) is 0 Å².